The Morgan fingerprint density at radius 3 is 1.72 bits per heavy atom. The van der Waals surface area contributed by atoms with Crippen LogP contribution in [-0.4, -0.2) is 6.16 Å². The smallest absolute Gasteiger partial charge is 0.0195 e. The highest BCUT2D eigenvalue weighted by Gasteiger charge is 2.12. The standard InChI is InChI=1S/C24H34P/c1-2-3-4-5-6-7-8-9-10-17-22-25(23-18-13-11-14-19-23)24-20-15-12-16-21-24/h6,11-16,18-21H,2-5,7-10,17,22H2,1H3. The van der Waals surface area contributed by atoms with E-state index in [9.17, 15) is 0 Å². The van der Waals surface area contributed by atoms with Crippen molar-refractivity contribution in [2.75, 3.05) is 6.16 Å². The zero-order valence-corrected chi connectivity index (χ0v) is 16.8. The first-order valence-electron chi connectivity index (χ1n) is 10.1. The van der Waals surface area contributed by atoms with Crippen molar-refractivity contribution >= 4 is 18.5 Å². The molecule has 0 saturated carbocycles. The quantitative estimate of drug-likeness (QED) is 0.273. The maximum absolute atomic E-state index is 2.51. The van der Waals surface area contributed by atoms with Crippen molar-refractivity contribution in [1.29, 1.82) is 0 Å². The summed E-state index contributed by atoms with van der Waals surface area (Å²) in [6.07, 6.45) is 16.1. The van der Waals surface area contributed by atoms with E-state index in [0.717, 1.165) is 0 Å². The molecule has 0 atom stereocenters. The van der Waals surface area contributed by atoms with E-state index in [2.05, 4.69) is 74.0 Å². The Bertz CT molecular complexity index is 495. The Morgan fingerprint density at radius 1 is 0.640 bits per heavy atom. The lowest BCUT2D eigenvalue weighted by molar-refractivity contribution is 0.634. The summed E-state index contributed by atoms with van der Waals surface area (Å²) >= 11 is 0. The predicted octanol–water partition coefficient (Wildman–Crippen LogP) is 6.85. The van der Waals surface area contributed by atoms with Gasteiger partial charge in [0, 0.05) is 0 Å². The third-order valence-electron chi connectivity index (χ3n) is 4.69. The van der Waals surface area contributed by atoms with E-state index in [1.54, 1.807) is 0 Å². The van der Waals surface area contributed by atoms with Gasteiger partial charge in [0.25, 0.3) is 0 Å². The predicted molar refractivity (Wildman–Crippen MR) is 115 cm³/mol. The van der Waals surface area contributed by atoms with Gasteiger partial charge in [-0.3, -0.25) is 0 Å². The van der Waals surface area contributed by atoms with Crippen LogP contribution < -0.4 is 10.6 Å². The highest BCUT2D eigenvalue weighted by molar-refractivity contribution is 7.73. The van der Waals surface area contributed by atoms with Crippen molar-refractivity contribution in [3.8, 4) is 0 Å². The van der Waals surface area contributed by atoms with Crippen molar-refractivity contribution < 1.29 is 0 Å². The molecule has 1 radical (unpaired) electrons. The fraction of sp³-hybridized carbons (Fsp3) is 0.458. The first-order valence-corrected chi connectivity index (χ1v) is 11.6. The van der Waals surface area contributed by atoms with E-state index < -0.39 is 0 Å². The maximum Gasteiger partial charge on any atom is -0.0195 e. The number of unbranched alkanes of at least 4 members (excludes halogenated alkanes) is 9. The van der Waals surface area contributed by atoms with Crippen LogP contribution in [-0.2, 0) is 0 Å². The molecule has 0 N–H and O–H groups in total. The number of benzene rings is 2. The van der Waals surface area contributed by atoms with Crippen LogP contribution in [0.2, 0.25) is 0 Å². The maximum atomic E-state index is 2.51. The third-order valence-corrected chi connectivity index (χ3v) is 7.29. The van der Waals surface area contributed by atoms with E-state index in [1.165, 1.54) is 74.6 Å². The van der Waals surface area contributed by atoms with Crippen LogP contribution in [0.15, 0.2) is 60.7 Å². The lowest BCUT2D eigenvalue weighted by atomic mass is 10.1. The van der Waals surface area contributed by atoms with Gasteiger partial charge < -0.3 is 0 Å². The SMILES string of the molecule is CCCCC[CH]CCCCCCP(c1ccccc1)c1ccccc1. The summed E-state index contributed by atoms with van der Waals surface area (Å²) in [5.41, 5.74) is 0. The topological polar surface area (TPSA) is 0 Å². The molecule has 135 valence electrons. The van der Waals surface area contributed by atoms with Crippen LogP contribution in [0, 0.1) is 6.42 Å². The molecule has 0 spiro atoms. The molecule has 0 aliphatic rings. The summed E-state index contributed by atoms with van der Waals surface area (Å²) in [5, 5.41) is 3.04. The Morgan fingerprint density at radius 2 is 1.16 bits per heavy atom. The molecule has 25 heavy (non-hydrogen) atoms. The van der Waals surface area contributed by atoms with Gasteiger partial charge in [-0.2, -0.15) is 0 Å². The summed E-state index contributed by atoms with van der Waals surface area (Å²) in [7, 11) is -0.193. The van der Waals surface area contributed by atoms with E-state index in [1.807, 2.05) is 0 Å². The summed E-state index contributed by atoms with van der Waals surface area (Å²) in [6.45, 7) is 2.28. The highest BCUT2D eigenvalue weighted by atomic mass is 31.1. The van der Waals surface area contributed by atoms with Gasteiger partial charge >= 0.3 is 0 Å². The molecule has 0 nitrogen and oxygen atoms in total. The van der Waals surface area contributed by atoms with Gasteiger partial charge in [-0.05, 0) is 37.5 Å². The molecule has 0 aliphatic heterocycles. The average molecular weight is 354 g/mol. The highest BCUT2D eigenvalue weighted by Crippen LogP contribution is 2.34. The van der Waals surface area contributed by atoms with E-state index in [-0.39, 0.29) is 7.92 Å². The Balaban J connectivity index is 1.69. The van der Waals surface area contributed by atoms with E-state index in [4.69, 9.17) is 0 Å². The molecule has 0 aromatic heterocycles. The zero-order chi connectivity index (χ0) is 17.6. The van der Waals surface area contributed by atoms with E-state index in [0.29, 0.717) is 0 Å². The Labute approximate surface area is 156 Å². The van der Waals surface area contributed by atoms with Crippen molar-refractivity contribution in [2.45, 2.75) is 64.7 Å². The fourth-order valence-electron chi connectivity index (χ4n) is 3.22. The normalized spacial score (nSPS) is 11.1. The van der Waals surface area contributed by atoms with Crippen LogP contribution >= 0.6 is 7.92 Å². The second-order valence-corrected chi connectivity index (χ2v) is 9.15. The van der Waals surface area contributed by atoms with Gasteiger partial charge in [0.2, 0.25) is 0 Å². The molecule has 0 fully saturated rings. The molecule has 2 aromatic carbocycles. The van der Waals surface area contributed by atoms with Crippen LogP contribution in [0.5, 0.6) is 0 Å². The van der Waals surface area contributed by atoms with Crippen LogP contribution in [0.25, 0.3) is 0 Å². The first-order chi connectivity index (χ1) is 12.4. The molecular weight excluding hydrogens is 319 g/mol. The van der Waals surface area contributed by atoms with Crippen molar-refractivity contribution in [2.24, 2.45) is 0 Å². The zero-order valence-electron chi connectivity index (χ0n) is 15.9. The first kappa shape index (κ1) is 20.2. The fourth-order valence-corrected chi connectivity index (χ4v) is 5.64. The van der Waals surface area contributed by atoms with E-state index >= 15 is 0 Å². The monoisotopic (exact) mass is 353 g/mol. The Kier molecular flexibility index (Phi) is 10.6. The summed E-state index contributed by atoms with van der Waals surface area (Å²) in [4.78, 5) is 0. The van der Waals surface area contributed by atoms with Gasteiger partial charge in [-0.1, -0.05) is 119 Å². The minimum absolute atomic E-state index is 0.193. The second-order valence-electron chi connectivity index (χ2n) is 6.81. The second kappa shape index (κ2) is 13.1. The van der Waals surface area contributed by atoms with Gasteiger partial charge in [0.15, 0.2) is 0 Å². The lowest BCUT2D eigenvalue weighted by Gasteiger charge is -2.18. The largest absolute Gasteiger partial charge is 0.0654 e. The number of hydrogen-bond acceptors (Lipinski definition) is 0. The Hall–Kier alpha value is -1.13. The van der Waals surface area contributed by atoms with Crippen molar-refractivity contribution in [3.63, 3.8) is 0 Å². The number of hydrogen-bond donors (Lipinski definition) is 0. The van der Waals surface area contributed by atoms with Crippen LogP contribution in [0.1, 0.15) is 64.7 Å². The van der Waals surface area contributed by atoms with Gasteiger partial charge in [-0.15, -0.1) is 0 Å². The molecule has 0 saturated heterocycles. The summed E-state index contributed by atoms with van der Waals surface area (Å²) in [5.74, 6) is 0. The lowest BCUT2D eigenvalue weighted by Crippen LogP contribution is -2.13. The van der Waals surface area contributed by atoms with Crippen LogP contribution in [0.3, 0.4) is 0 Å². The molecule has 2 aromatic rings. The van der Waals surface area contributed by atoms with Crippen molar-refractivity contribution in [1.82, 2.24) is 0 Å². The third kappa shape index (κ3) is 8.19. The molecule has 0 amide bonds. The minimum atomic E-state index is -0.193. The van der Waals surface area contributed by atoms with Crippen LogP contribution in [0.4, 0.5) is 0 Å². The molecule has 0 bridgehead atoms. The molecule has 0 unspecified atom stereocenters. The number of rotatable bonds is 13. The molecule has 0 aliphatic carbocycles. The molecule has 2 rings (SSSR count). The van der Waals surface area contributed by atoms with Gasteiger partial charge in [-0.25, -0.2) is 0 Å². The molecule has 1 heteroatoms. The minimum Gasteiger partial charge on any atom is -0.0654 e. The van der Waals surface area contributed by atoms with Crippen molar-refractivity contribution in [3.05, 3.63) is 67.1 Å². The summed E-state index contributed by atoms with van der Waals surface area (Å²) < 4.78 is 0. The van der Waals surface area contributed by atoms with Gasteiger partial charge in [0.1, 0.15) is 0 Å². The van der Waals surface area contributed by atoms with Gasteiger partial charge in [0.05, 0.1) is 0 Å². The average Bonchev–Trinajstić information content (AvgIpc) is 2.67. The molecule has 0 heterocycles. The summed E-state index contributed by atoms with van der Waals surface area (Å²) in [6, 6.07) is 22.2. The molecular formula is C24H34P.